The second-order valence-electron chi connectivity index (χ2n) is 5.19. The number of carbonyl (C=O) groups is 2. The zero-order valence-electron chi connectivity index (χ0n) is 13.0. The van der Waals surface area contributed by atoms with Crippen LogP contribution in [-0.2, 0) is 4.79 Å². The first-order valence-corrected chi connectivity index (χ1v) is 7.07. The third-order valence-electron chi connectivity index (χ3n) is 3.10. The third kappa shape index (κ3) is 4.81. The highest BCUT2D eigenvalue weighted by atomic mass is 19.1. The fourth-order valence-electron chi connectivity index (χ4n) is 1.94. The molecule has 0 unspecified atom stereocenters. The van der Waals surface area contributed by atoms with Gasteiger partial charge in [0.2, 0.25) is 5.91 Å². The number of rotatable bonds is 5. The summed E-state index contributed by atoms with van der Waals surface area (Å²) in [5.74, 6) is -0.729. The maximum atomic E-state index is 13.0. The zero-order chi connectivity index (χ0) is 16.8. The third-order valence-corrected chi connectivity index (χ3v) is 3.10. The lowest BCUT2D eigenvalue weighted by atomic mass is 10.2. The van der Waals surface area contributed by atoms with E-state index in [0.717, 1.165) is 0 Å². The minimum absolute atomic E-state index is 0.0157. The Balaban J connectivity index is 1.89. The van der Waals surface area contributed by atoms with Crippen molar-refractivity contribution in [2.45, 2.75) is 0 Å². The standard InChI is InChI=1S/C17H18FN3O2/c1-21(2)17(23)12-6-8-14(9-7-12)20-16(22)11-19-15-5-3-4-13(18)10-15/h3-10,19H,11H2,1-2H3,(H,20,22). The van der Waals surface area contributed by atoms with Crippen LogP contribution < -0.4 is 10.6 Å². The van der Waals surface area contributed by atoms with Crippen molar-refractivity contribution in [2.75, 3.05) is 31.3 Å². The summed E-state index contributed by atoms with van der Waals surface area (Å²) in [5.41, 5.74) is 1.67. The average molecular weight is 315 g/mol. The van der Waals surface area contributed by atoms with Crippen LogP contribution in [0.15, 0.2) is 48.5 Å². The summed E-state index contributed by atoms with van der Waals surface area (Å²) in [6.07, 6.45) is 0. The van der Waals surface area contributed by atoms with Crippen LogP contribution in [0, 0.1) is 5.82 Å². The van der Waals surface area contributed by atoms with Crippen LogP contribution >= 0.6 is 0 Å². The average Bonchev–Trinajstić information content (AvgIpc) is 2.53. The highest BCUT2D eigenvalue weighted by Gasteiger charge is 2.08. The van der Waals surface area contributed by atoms with E-state index in [-0.39, 0.29) is 24.2 Å². The lowest BCUT2D eigenvalue weighted by Crippen LogP contribution is -2.23. The molecule has 2 rings (SSSR count). The van der Waals surface area contributed by atoms with Crippen LogP contribution in [-0.4, -0.2) is 37.4 Å². The van der Waals surface area contributed by atoms with Crippen molar-refractivity contribution in [1.82, 2.24) is 4.90 Å². The second kappa shape index (κ2) is 7.40. The van der Waals surface area contributed by atoms with Gasteiger partial charge in [0.1, 0.15) is 5.82 Å². The predicted octanol–water partition coefficient (Wildman–Crippen LogP) is 2.58. The second-order valence-corrected chi connectivity index (χ2v) is 5.19. The van der Waals surface area contributed by atoms with Gasteiger partial charge in [-0.3, -0.25) is 9.59 Å². The molecular weight excluding hydrogens is 297 g/mol. The van der Waals surface area contributed by atoms with E-state index in [0.29, 0.717) is 16.9 Å². The van der Waals surface area contributed by atoms with E-state index in [9.17, 15) is 14.0 Å². The molecule has 0 bridgehead atoms. The first-order valence-electron chi connectivity index (χ1n) is 7.07. The number of hydrogen-bond donors (Lipinski definition) is 2. The van der Waals surface area contributed by atoms with E-state index >= 15 is 0 Å². The largest absolute Gasteiger partial charge is 0.376 e. The summed E-state index contributed by atoms with van der Waals surface area (Å²) in [6.45, 7) is 0.0157. The van der Waals surface area contributed by atoms with Crippen LogP contribution in [0.4, 0.5) is 15.8 Å². The number of anilines is 2. The monoisotopic (exact) mass is 315 g/mol. The van der Waals surface area contributed by atoms with Gasteiger partial charge in [-0.2, -0.15) is 0 Å². The predicted molar refractivity (Wildman–Crippen MR) is 88.0 cm³/mol. The molecule has 0 aliphatic carbocycles. The van der Waals surface area contributed by atoms with Gasteiger partial charge in [-0.05, 0) is 42.5 Å². The van der Waals surface area contributed by atoms with Crippen LogP contribution in [0.3, 0.4) is 0 Å². The molecule has 0 heterocycles. The molecule has 2 amide bonds. The van der Waals surface area contributed by atoms with Gasteiger partial charge >= 0.3 is 0 Å². The minimum atomic E-state index is -0.364. The minimum Gasteiger partial charge on any atom is -0.376 e. The number of nitrogens with one attached hydrogen (secondary N) is 2. The van der Waals surface area contributed by atoms with Crippen molar-refractivity contribution in [2.24, 2.45) is 0 Å². The molecule has 0 fully saturated rings. The topological polar surface area (TPSA) is 61.4 Å². The van der Waals surface area contributed by atoms with Crippen molar-refractivity contribution >= 4 is 23.2 Å². The number of amides is 2. The molecule has 0 aliphatic heterocycles. The molecule has 0 radical (unpaired) electrons. The number of nitrogens with zero attached hydrogens (tertiary/aromatic N) is 1. The zero-order valence-corrected chi connectivity index (χ0v) is 13.0. The van der Waals surface area contributed by atoms with Gasteiger partial charge < -0.3 is 15.5 Å². The molecule has 0 saturated heterocycles. The van der Waals surface area contributed by atoms with Crippen LogP contribution in [0.1, 0.15) is 10.4 Å². The summed E-state index contributed by atoms with van der Waals surface area (Å²) in [5, 5.41) is 5.54. The summed E-state index contributed by atoms with van der Waals surface area (Å²) in [4.78, 5) is 25.1. The van der Waals surface area contributed by atoms with Crippen molar-refractivity contribution in [3.8, 4) is 0 Å². The van der Waals surface area contributed by atoms with Crippen LogP contribution in [0.2, 0.25) is 0 Å². The van der Waals surface area contributed by atoms with Gasteiger partial charge in [0.25, 0.3) is 5.91 Å². The summed E-state index contributed by atoms with van der Waals surface area (Å²) >= 11 is 0. The van der Waals surface area contributed by atoms with E-state index < -0.39 is 0 Å². The molecule has 23 heavy (non-hydrogen) atoms. The van der Waals surface area contributed by atoms with Crippen molar-refractivity contribution in [1.29, 1.82) is 0 Å². The molecular formula is C17H18FN3O2. The van der Waals surface area contributed by atoms with E-state index in [4.69, 9.17) is 0 Å². The molecule has 0 saturated carbocycles. The Morgan fingerprint density at radius 2 is 1.74 bits per heavy atom. The van der Waals surface area contributed by atoms with Gasteiger partial charge in [0, 0.05) is 31.0 Å². The maximum Gasteiger partial charge on any atom is 0.253 e. The smallest absolute Gasteiger partial charge is 0.253 e. The Morgan fingerprint density at radius 1 is 1.04 bits per heavy atom. The molecule has 120 valence electrons. The Bertz CT molecular complexity index is 699. The first kappa shape index (κ1) is 16.5. The van der Waals surface area contributed by atoms with Crippen LogP contribution in [0.25, 0.3) is 0 Å². The molecule has 0 spiro atoms. The van der Waals surface area contributed by atoms with Crippen LogP contribution in [0.5, 0.6) is 0 Å². The molecule has 5 nitrogen and oxygen atoms in total. The number of carbonyl (C=O) groups excluding carboxylic acids is 2. The highest BCUT2D eigenvalue weighted by molar-refractivity contribution is 5.96. The molecule has 0 aromatic heterocycles. The first-order chi connectivity index (χ1) is 11.0. The normalized spacial score (nSPS) is 10.0. The highest BCUT2D eigenvalue weighted by Crippen LogP contribution is 2.12. The number of halogens is 1. The lowest BCUT2D eigenvalue weighted by Gasteiger charge is -2.11. The SMILES string of the molecule is CN(C)C(=O)c1ccc(NC(=O)CNc2cccc(F)c2)cc1. The number of hydrogen-bond acceptors (Lipinski definition) is 3. The quantitative estimate of drug-likeness (QED) is 0.891. The molecule has 0 aliphatic rings. The summed E-state index contributed by atoms with van der Waals surface area (Å²) in [7, 11) is 3.35. The van der Waals surface area contributed by atoms with Gasteiger partial charge in [-0.1, -0.05) is 6.07 Å². The summed E-state index contributed by atoms with van der Waals surface area (Å²) < 4.78 is 13.0. The van der Waals surface area contributed by atoms with Gasteiger partial charge in [0.15, 0.2) is 0 Å². The van der Waals surface area contributed by atoms with Crippen molar-refractivity contribution < 1.29 is 14.0 Å². The van der Waals surface area contributed by atoms with E-state index in [1.807, 2.05) is 0 Å². The lowest BCUT2D eigenvalue weighted by molar-refractivity contribution is -0.114. The molecule has 6 heteroatoms. The fourth-order valence-corrected chi connectivity index (χ4v) is 1.94. The summed E-state index contributed by atoms with van der Waals surface area (Å²) in [6, 6.07) is 12.5. The van der Waals surface area contributed by atoms with Crippen molar-refractivity contribution in [3.05, 3.63) is 59.9 Å². The van der Waals surface area contributed by atoms with Gasteiger partial charge in [-0.15, -0.1) is 0 Å². The van der Waals surface area contributed by atoms with Gasteiger partial charge in [-0.25, -0.2) is 4.39 Å². The molecule has 0 atom stereocenters. The van der Waals surface area contributed by atoms with E-state index in [1.54, 1.807) is 50.5 Å². The number of benzene rings is 2. The van der Waals surface area contributed by atoms with E-state index in [1.165, 1.54) is 17.0 Å². The van der Waals surface area contributed by atoms with E-state index in [2.05, 4.69) is 10.6 Å². The Labute approximate surface area is 134 Å². The Morgan fingerprint density at radius 3 is 2.35 bits per heavy atom. The molecule has 2 N–H and O–H groups in total. The Kier molecular flexibility index (Phi) is 5.30. The Hall–Kier alpha value is -2.89. The molecule has 2 aromatic carbocycles. The molecule has 2 aromatic rings. The fraction of sp³-hybridized carbons (Fsp3) is 0.176. The van der Waals surface area contributed by atoms with Gasteiger partial charge in [0.05, 0.1) is 6.54 Å². The maximum absolute atomic E-state index is 13.0. The van der Waals surface area contributed by atoms with Crippen molar-refractivity contribution in [3.63, 3.8) is 0 Å².